The van der Waals surface area contributed by atoms with Crippen LogP contribution in [0, 0.1) is 13.8 Å². The number of thiophene rings is 1. The molecule has 0 amide bonds. The average molecular weight is 339 g/mol. The maximum atomic E-state index is 13.0. The highest BCUT2D eigenvalue weighted by Crippen LogP contribution is 2.23. The Labute approximate surface area is 136 Å². The third-order valence-electron chi connectivity index (χ3n) is 3.45. The van der Waals surface area contributed by atoms with Gasteiger partial charge in [0, 0.05) is 20.2 Å². The lowest BCUT2D eigenvalue weighted by atomic mass is 10.2. The van der Waals surface area contributed by atoms with Crippen LogP contribution in [0.1, 0.15) is 16.7 Å². The Hall–Kier alpha value is -1.21. The van der Waals surface area contributed by atoms with Gasteiger partial charge in [-0.3, -0.25) is 0 Å². The molecule has 120 valence electrons. The molecule has 0 radical (unpaired) electrons. The zero-order valence-electron chi connectivity index (χ0n) is 13.1. The second kappa shape index (κ2) is 7.37. The number of sulfonamides is 1. The highest BCUT2D eigenvalue weighted by molar-refractivity contribution is 7.89. The molecule has 0 N–H and O–H groups in total. The van der Waals surface area contributed by atoms with E-state index in [0.29, 0.717) is 24.6 Å². The molecule has 0 saturated carbocycles. The first-order valence-electron chi connectivity index (χ1n) is 7.02. The molecule has 0 aliphatic heterocycles. The van der Waals surface area contributed by atoms with E-state index in [1.165, 1.54) is 4.31 Å². The van der Waals surface area contributed by atoms with Crippen LogP contribution in [-0.4, -0.2) is 33.0 Å². The second-order valence-corrected chi connectivity index (χ2v) is 7.92. The first kappa shape index (κ1) is 17.1. The average Bonchev–Trinajstić information content (AvgIpc) is 2.98. The molecule has 0 saturated heterocycles. The summed E-state index contributed by atoms with van der Waals surface area (Å²) in [6.07, 6.45) is 0. The number of aryl methyl sites for hydroxylation is 2. The van der Waals surface area contributed by atoms with Crippen LogP contribution in [0.4, 0.5) is 0 Å². The SMILES string of the molecule is COCCN(Cc1ccsc1)S(=O)(=O)c1cc(C)ccc1C. The normalized spacial score (nSPS) is 12.0. The minimum Gasteiger partial charge on any atom is -0.383 e. The van der Waals surface area contributed by atoms with E-state index in [9.17, 15) is 8.42 Å². The van der Waals surface area contributed by atoms with E-state index in [-0.39, 0.29) is 0 Å². The van der Waals surface area contributed by atoms with Gasteiger partial charge in [0.25, 0.3) is 0 Å². The predicted molar refractivity (Wildman–Crippen MR) is 89.7 cm³/mol. The summed E-state index contributed by atoms with van der Waals surface area (Å²) in [5, 5.41) is 3.92. The fraction of sp³-hybridized carbons (Fsp3) is 0.375. The number of nitrogens with zero attached hydrogens (tertiary/aromatic N) is 1. The quantitative estimate of drug-likeness (QED) is 0.778. The first-order valence-corrected chi connectivity index (χ1v) is 9.41. The zero-order chi connectivity index (χ0) is 16.2. The Kier molecular flexibility index (Phi) is 5.74. The van der Waals surface area contributed by atoms with Crippen molar-refractivity contribution in [2.45, 2.75) is 25.3 Å². The van der Waals surface area contributed by atoms with E-state index in [2.05, 4.69) is 0 Å². The standard InChI is InChI=1S/C16H21NO3S2/c1-13-4-5-14(2)16(10-13)22(18,19)17(7-8-20-3)11-15-6-9-21-12-15/h4-6,9-10,12H,7-8,11H2,1-3H3. The van der Waals surface area contributed by atoms with E-state index in [4.69, 9.17) is 4.74 Å². The summed E-state index contributed by atoms with van der Waals surface area (Å²) < 4.78 is 32.6. The van der Waals surface area contributed by atoms with Crippen LogP contribution < -0.4 is 0 Å². The summed E-state index contributed by atoms with van der Waals surface area (Å²) in [5.74, 6) is 0. The summed E-state index contributed by atoms with van der Waals surface area (Å²) in [6, 6.07) is 7.45. The molecule has 0 aliphatic carbocycles. The van der Waals surface area contributed by atoms with Crippen molar-refractivity contribution in [2.24, 2.45) is 0 Å². The molecule has 0 bridgehead atoms. The Bertz CT molecular complexity index is 709. The number of hydrogen-bond donors (Lipinski definition) is 0. The van der Waals surface area contributed by atoms with Gasteiger partial charge in [-0.25, -0.2) is 8.42 Å². The van der Waals surface area contributed by atoms with E-state index in [1.807, 2.05) is 42.8 Å². The van der Waals surface area contributed by atoms with Gasteiger partial charge in [0.05, 0.1) is 11.5 Å². The highest BCUT2D eigenvalue weighted by Gasteiger charge is 2.26. The van der Waals surface area contributed by atoms with Crippen LogP contribution in [-0.2, 0) is 21.3 Å². The lowest BCUT2D eigenvalue weighted by molar-refractivity contribution is 0.177. The van der Waals surface area contributed by atoms with Crippen molar-refractivity contribution in [1.29, 1.82) is 0 Å². The van der Waals surface area contributed by atoms with Gasteiger partial charge < -0.3 is 4.74 Å². The molecule has 4 nitrogen and oxygen atoms in total. The van der Waals surface area contributed by atoms with Crippen molar-refractivity contribution < 1.29 is 13.2 Å². The smallest absolute Gasteiger partial charge is 0.243 e. The number of methoxy groups -OCH3 is 1. The topological polar surface area (TPSA) is 46.6 Å². The van der Waals surface area contributed by atoms with Crippen LogP contribution in [0.3, 0.4) is 0 Å². The Morgan fingerprint density at radius 2 is 2.00 bits per heavy atom. The van der Waals surface area contributed by atoms with Gasteiger partial charge in [-0.1, -0.05) is 12.1 Å². The molecule has 1 heterocycles. The summed E-state index contributed by atoms with van der Waals surface area (Å²) >= 11 is 1.56. The molecule has 2 aromatic rings. The van der Waals surface area contributed by atoms with Crippen molar-refractivity contribution in [2.75, 3.05) is 20.3 Å². The molecular weight excluding hydrogens is 318 g/mol. The Morgan fingerprint density at radius 1 is 1.23 bits per heavy atom. The zero-order valence-corrected chi connectivity index (χ0v) is 14.7. The molecule has 0 fully saturated rings. The van der Waals surface area contributed by atoms with Crippen molar-refractivity contribution >= 4 is 21.4 Å². The van der Waals surface area contributed by atoms with Gasteiger partial charge in [-0.2, -0.15) is 15.6 Å². The van der Waals surface area contributed by atoms with Gasteiger partial charge in [0.2, 0.25) is 10.0 Å². The summed E-state index contributed by atoms with van der Waals surface area (Å²) in [5.41, 5.74) is 2.69. The Morgan fingerprint density at radius 3 is 2.64 bits per heavy atom. The van der Waals surface area contributed by atoms with Gasteiger partial charge in [0.1, 0.15) is 0 Å². The third-order valence-corrected chi connectivity index (χ3v) is 6.16. The fourth-order valence-electron chi connectivity index (χ4n) is 2.19. The minimum absolute atomic E-state index is 0.335. The summed E-state index contributed by atoms with van der Waals surface area (Å²) in [6.45, 7) is 4.79. The largest absolute Gasteiger partial charge is 0.383 e. The summed E-state index contributed by atoms with van der Waals surface area (Å²) in [7, 11) is -1.97. The summed E-state index contributed by atoms with van der Waals surface area (Å²) in [4.78, 5) is 0.374. The maximum absolute atomic E-state index is 13.0. The number of ether oxygens (including phenoxy) is 1. The van der Waals surface area contributed by atoms with E-state index in [1.54, 1.807) is 24.5 Å². The van der Waals surface area contributed by atoms with E-state index < -0.39 is 10.0 Å². The molecule has 0 aliphatic rings. The minimum atomic E-state index is -3.54. The second-order valence-electron chi connectivity index (χ2n) is 5.23. The van der Waals surface area contributed by atoms with Crippen LogP contribution in [0.2, 0.25) is 0 Å². The van der Waals surface area contributed by atoms with Gasteiger partial charge >= 0.3 is 0 Å². The van der Waals surface area contributed by atoms with Crippen LogP contribution >= 0.6 is 11.3 Å². The van der Waals surface area contributed by atoms with Crippen molar-refractivity contribution in [3.8, 4) is 0 Å². The lowest BCUT2D eigenvalue weighted by Gasteiger charge is -2.22. The lowest BCUT2D eigenvalue weighted by Crippen LogP contribution is -2.33. The number of hydrogen-bond acceptors (Lipinski definition) is 4. The van der Waals surface area contributed by atoms with Crippen LogP contribution in [0.15, 0.2) is 39.9 Å². The van der Waals surface area contributed by atoms with Gasteiger partial charge in [-0.15, -0.1) is 0 Å². The van der Waals surface area contributed by atoms with Crippen molar-refractivity contribution in [1.82, 2.24) is 4.31 Å². The molecular formula is C16H21NO3S2. The van der Waals surface area contributed by atoms with Crippen molar-refractivity contribution in [3.63, 3.8) is 0 Å². The molecule has 0 unspecified atom stereocenters. The van der Waals surface area contributed by atoms with E-state index >= 15 is 0 Å². The molecule has 22 heavy (non-hydrogen) atoms. The first-order chi connectivity index (χ1) is 10.4. The molecule has 1 aromatic heterocycles. The molecule has 0 atom stereocenters. The van der Waals surface area contributed by atoms with Crippen molar-refractivity contribution in [3.05, 3.63) is 51.7 Å². The Balaban J connectivity index is 2.37. The maximum Gasteiger partial charge on any atom is 0.243 e. The van der Waals surface area contributed by atoms with E-state index in [0.717, 1.165) is 16.7 Å². The highest BCUT2D eigenvalue weighted by atomic mass is 32.2. The molecule has 2 rings (SSSR count). The van der Waals surface area contributed by atoms with Crippen LogP contribution in [0.25, 0.3) is 0 Å². The van der Waals surface area contributed by atoms with Gasteiger partial charge in [0.15, 0.2) is 0 Å². The molecule has 1 aromatic carbocycles. The fourth-order valence-corrected chi connectivity index (χ4v) is 4.57. The monoisotopic (exact) mass is 339 g/mol. The molecule has 0 spiro atoms. The number of benzene rings is 1. The molecule has 6 heteroatoms. The van der Waals surface area contributed by atoms with Crippen LogP contribution in [0.5, 0.6) is 0 Å². The number of rotatable bonds is 7. The predicted octanol–water partition coefficient (Wildman–Crippen LogP) is 3.20. The van der Waals surface area contributed by atoms with Gasteiger partial charge in [-0.05, 0) is 53.4 Å². The third kappa shape index (κ3) is 3.95.